The van der Waals surface area contributed by atoms with Crippen LogP contribution in [0.5, 0.6) is 0 Å². The molecule has 0 aliphatic rings. The van der Waals surface area contributed by atoms with Gasteiger partial charge in [-0.15, -0.1) is 11.3 Å². The third-order valence-electron chi connectivity index (χ3n) is 3.31. The van der Waals surface area contributed by atoms with Crippen LogP contribution >= 0.6 is 11.3 Å². The van der Waals surface area contributed by atoms with E-state index in [-0.39, 0.29) is 4.90 Å². The molecule has 3 aromatic rings. The van der Waals surface area contributed by atoms with Crippen molar-refractivity contribution in [1.29, 1.82) is 0 Å². The van der Waals surface area contributed by atoms with Gasteiger partial charge in [0.15, 0.2) is 9.84 Å². The third-order valence-corrected chi connectivity index (χ3v) is 5.21. The fraction of sp³-hybridized carbons (Fsp3) is 0.125. The van der Waals surface area contributed by atoms with E-state index in [1.165, 1.54) is 23.5 Å². The first kappa shape index (κ1) is 15.8. The van der Waals surface area contributed by atoms with E-state index < -0.39 is 15.7 Å². The fourth-order valence-electron chi connectivity index (χ4n) is 2.28. The van der Waals surface area contributed by atoms with Crippen LogP contribution in [0.4, 0.5) is 4.39 Å². The van der Waals surface area contributed by atoms with Crippen molar-refractivity contribution in [2.45, 2.75) is 11.8 Å². The monoisotopic (exact) mass is 348 g/mol. The third kappa shape index (κ3) is 3.16. The number of sulfone groups is 1. The molecule has 118 valence electrons. The summed E-state index contributed by atoms with van der Waals surface area (Å²) in [6.45, 7) is 1.91. The summed E-state index contributed by atoms with van der Waals surface area (Å²) < 4.78 is 37.2. The first-order chi connectivity index (χ1) is 10.9. The molecule has 0 radical (unpaired) electrons. The van der Waals surface area contributed by atoms with Crippen LogP contribution in [0.2, 0.25) is 0 Å². The molecule has 0 spiro atoms. The van der Waals surface area contributed by atoms with Crippen molar-refractivity contribution in [3.05, 3.63) is 52.7 Å². The van der Waals surface area contributed by atoms with Gasteiger partial charge in [0.05, 0.1) is 16.4 Å². The van der Waals surface area contributed by atoms with Gasteiger partial charge >= 0.3 is 0 Å². The Bertz CT molecular complexity index is 981. The summed E-state index contributed by atoms with van der Waals surface area (Å²) in [7, 11) is -3.60. The predicted octanol–water partition coefficient (Wildman–Crippen LogP) is 3.72. The largest absolute Gasteiger partial charge is 0.256 e. The highest BCUT2D eigenvalue weighted by molar-refractivity contribution is 7.90. The molecule has 7 heteroatoms. The van der Waals surface area contributed by atoms with Gasteiger partial charge < -0.3 is 0 Å². The van der Waals surface area contributed by atoms with Gasteiger partial charge in [0.25, 0.3) is 0 Å². The molecule has 0 fully saturated rings. The maximum absolute atomic E-state index is 14.1. The molecule has 0 bridgehead atoms. The number of aryl methyl sites for hydroxylation is 1. The first-order valence-electron chi connectivity index (χ1n) is 6.74. The van der Waals surface area contributed by atoms with Crippen molar-refractivity contribution in [1.82, 2.24) is 9.97 Å². The number of nitrogens with zero attached hydrogens (tertiary/aromatic N) is 2. The highest BCUT2D eigenvalue weighted by atomic mass is 32.2. The maximum atomic E-state index is 14.1. The normalized spacial score (nSPS) is 11.6. The number of benzene rings is 1. The van der Waals surface area contributed by atoms with Crippen molar-refractivity contribution < 1.29 is 12.8 Å². The minimum atomic E-state index is -3.60. The van der Waals surface area contributed by atoms with Gasteiger partial charge in [-0.05, 0) is 31.2 Å². The standard InChI is InChI=1S/C16H13FN2O2S2/c1-10-19-14(9-22-10)12-4-3-7-18-16(12)11-5-6-15(13(17)8-11)23(2,20)21/h3-9H,1-2H3. The van der Waals surface area contributed by atoms with Crippen molar-refractivity contribution in [3.63, 3.8) is 0 Å². The molecule has 4 nitrogen and oxygen atoms in total. The van der Waals surface area contributed by atoms with E-state index in [0.717, 1.165) is 22.5 Å². The maximum Gasteiger partial charge on any atom is 0.178 e. The molecule has 0 aliphatic heterocycles. The van der Waals surface area contributed by atoms with E-state index in [4.69, 9.17) is 0 Å². The zero-order chi connectivity index (χ0) is 16.6. The summed E-state index contributed by atoms with van der Waals surface area (Å²) in [6.07, 6.45) is 2.59. The summed E-state index contributed by atoms with van der Waals surface area (Å²) in [5.74, 6) is -0.781. The average molecular weight is 348 g/mol. The van der Waals surface area contributed by atoms with Crippen LogP contribution in [0.1, 0.15) is 5.01 Å². The average Bonchev–Trinajstić information content (AvgIpc) is 2.92. The number of rotatable bonds is 3. The minimum Gasteiger partial charge on any atom is -0.256 e. The minimum absolute atomic E-state index is 0.316. The van der Waals surface area contributed by atoms with Crippen LogP contribution in [0.15, 0.2) is 46.8 Å². The van der Waals surface area contributed by atoms with Crippen LogP contribution in [-0.4, -0.2) is 24.6 Å². The van der Waals surface area contributed by atoms with Crippen molar-refractivity contribution in [2.24, 2.45) is 0 Å². The van der Waals surface area contributed by atoms with Gasteiger partial charge in [0.2, 0.25) is 0 Å². The Kier molecular flexibility index (Phi) is 3.99. The molecule has 0 saturated heterocycles. The molecular formula is C16H13FN2O2S2. The lowest BCUT2D eigenvalue weighted by atomic mass is 10.0. The number of halogens is 1. The van der Waals surface area contributed by atoms with Gasteiger partial charge in [-0.2, -0.15) is 0 Å². The number of hydrogen-bond acceptors (Lipinski definition) is 5. The van der Waals surface area contributed by atoms with Crippen molar-refractivity contribution in [3.8, 4) is 22.5 Å². The molecule has 0 unspecified atom stereocenters. The van der Waals surface area contributed by atoms with Gasteiger partial charge in [0.1, 0.15) is 10.7 Å². The Morgan fingerprint density at radius 2 is 2.00 bits per heavy atom. The first-order valence-corrected chi connectivity index (χ1v) is 9.51. The fourth-order valence-corrected chi connectivity index (χ4v) is 3.62. The molecule has 3 rings (SSSR count). The van der Waals surface area contributed by atoms with Crippen LogP contribution in [-0.2, 0) is 9.84 Å². The van der Waals surface area contributed by atoms with Crippen LogP contribution in [0.3, 0.4) is 0 Å². The Morgan fingerprint density at radius 3 is 2.61 bits per heavy atom. The topological polar surface area (TPSA) is 59.9 Å². The second kappa shape index (κ2) is 5.82. The lowest BCUT2D eigenvalue weighted by molar-refractivity contribution is 0.571. The lowest BCUT2D eigenvalue weighted by Gasteiger charge is -2.08. The Balaban J connectivity index is 2.15. The summed E-state index contributed by atoms with van der Waals surface area (Å²) in [4.78, 5) is 8.43. The molecule has 0 aliphatic carbocycles. The number of aromatic nitrogens is 2. The highest BCUT2D eigenvalue weighted by Gasteiger charge is 2.17. The lowest BCUT2D eigenvalue weighted by Crippen LogP contribution is -2.01. The zero-order valence-electron chi connectivity index (χ0n) is 12.4. The molecule has 0 N–H and O–H groups in total. The number of pyridine rings is 1. The smallest absolute Gasteiger partial charge is 0.178 e. The van der Waals surface area contributed by atoms with E-state index >= 15 is 0 Å². The second-order valence-corrected chi connectivity index (χ2v) is 8.12. The molecule has 2 aromatic heterocycles. The second-order valence-electron chi connectivity index (χ2n) is 5.07. The van der Waals surface area contributed by atoms with E-state index in [0.29, 0.717) is 11.3 Å². The van der Waals surface area contributed by atoms with Gasteiger partial charge in [-0.3, -0.25) is 4.98 Å². The zero-order valence-corrected chi connectivity index (χ0v) is 14.1. The SMILES string of the molecule is Cc1nc(-c2cccnc2-c2ccc(S(C)(=O)=O)c(F)c2)cs1. The number of hydrogen-bond donors (Lipinski definition) is 0. The van der Waals surface area contributed by atoms with E-state index in [1.807, 2.05) is 18.4 Å². The van der Waals surface area contributed by atoms with Crippen LogP contribution in [0.25, 0.3) is 22.5 Å². The summed E-state index contributed by atoms with van der Waals surface area (Å²) >= 11 is 1.52. The van der Waals surface area contributed by atoms with E-state index in [2.05, 4.69) is 9.97 Å². The van der Waals surface area contributed by atoms with Crippen LogP contribution < -0.4 is 0 Å². The molecule has 2 heterocycles. The molecule has 0 amide bonds. The molecule has 0 saturated carbocycles. The Hall–Kier alpha value is -2.12. The molecule has 23 heavy (non-hydrogen) atoms. The van der Waals surface area contributed by atoms with E-state index in [1.54, 1.807) is 18.3 Å². The van der Waals surface area contributed by atoms with Gasteiger partial charge in [0, 0.05) is 29.0 Å². The quantitative estimate of drug-likeness (QED) is 0.724. The summed E-state index contributed by atoms with van der Waals surface area (Å²) in [5, 5.41) is 2.84. The predicted molar refractivity (Wildman–Crippen MR) is 88.6 cm³/mol. The molecular weight excluding hydrogens is 335 g/mol. The number of thiazole rings is 1. The van der Waals surface area contributed by atoms with Crippen LogP contribution in [0, 0.1) is 12.7 Å². The van der Waals surface area contributed by atoms with Gasteiger partial charge in [-0.25, -0.2) is 17.8 Å². The summed E-state index contributed by atoms with van der Waals surface area (Å²) in [5.41, 5.74) is 2.62. The highest BCUT2D eigenvalue weighted by Crippen LogP contribution is 2.32. The summed E-state index contributed by atoms with van der Waals surface area (Å²) in [6, 6.07) is 7.67. The molecule has 1 aromatic carbocycles. The Labute approximate surface area is 137 Å². The molecule has 0 atom stereocenters. The van der Waals surface area contributed by atoms with E-state index in [9.17, 15) is 12.8 Å². The Morgan fingerprint density at radius 1 is 1.22 bits per heavy atom. The van der Waals surface area contributed by atoms with Crippen molar-refractivity contribution in [2.75, 3.05) is 6.26 Å². The van der Waals surface area contributed by atoms with Gasteiger partial charge in [-0.1, -0.05) is 6.07 Å². The van der Waals surface area contributed by atoms with Crippen molar-refractivity contribution >= 4 is 21.2 Å².